The van der Waals surface area contributed by atoms with Crippen LogP contribution in [0.5, 0.6) is 0 Å². The minimum absolute atomic E-state index is 0.000863. The van der Waals surface area contributed by atoms with Crippen molar-refractivity contribution in [3.05, 3.63) is 98.7 Å². The predicted octanol–water partition coefficient (Wildman–Crippen LogP) is 5.43. The van der Waals surface area contributed by atoms with Crippen molar-refractivity contribution in [3.63, 3.8) is 0 Å². The largest absolute Gasteiger partial charge is 0.324 e. The molecule has 4 rings (SSSR count). The van der Waals surface area contributed by atoms with Gasteiger partial charge in [0.15, 0.2) is 0 Å². The number of carbonyl (C=O) groups excluding carboxylic acids is 2. The maximum absolute atomic E-state index is 14.5. The predicted molar refractivity (Wildman–Crippen MR) is 114 cm³/mol. The van der Waals surface area contributed by atoms with Gasteiger partial charge in [-0.25, -0.2) is 4.39 Å². The highest BCUT2D eigenvalue weighted by molar-refractivity contribution is 9.10. The number of nitrogens with zero attached hydrogens (tertiary/aromatic N) is 1. The number of hydrogen-bond donors (Lipinski definition) is 1. The molecule has 0 saturated heterocycles. The molecular weight excluding hydrogens is 459 g/mol. The Morgan fingerprint density at radius 1 is 1.10 bits per heavy atom. The molecule has 1 heterocycles. The molecule has 1 aliphatic heterocycles. The van der Waals surface area contributed by atoms with E-state index in [2.05, 4.69) is 21.2 Å². The lowest BCUT2D eigenvalue weighted by Gasteiger charge is -2.31. The fourth-order valence-corrected chi connectivity index (χ4v) is 4.13. The van der Waals surface area contributed by atoms with Crippen molar-refractivity contribution < 1.29 is 14.0 Å². The number of halogens is 3. The van der Waals surface area contributed by atoms with Crippen molar-refractivity contribution in [2.24, 2.45) is 0 Å². The zero-order chi connectivity index (χ0) is 20.5. The van der Waals surface area contributed by atoms with E-state index in [0.717, 1.165) is 15.6 Å². The Balaban J connectivity index is 1.93. The van der Waals surface area contributed by atoms with Crippen molar-refractivity contribution >= 4 is 45.0 Å². The van der Waals surface area contributed by atoms with Gasteiger partial charge < -0.3 is 10.2 Å². The molecule has 0 aliphatic carbocycles. The topological polar surface area (TPSA) is 49.4 Å². The second-order valence-corrected chi connectivity index (χ2v) is 7.95. The van der Waals surface area contributed by atoms with E-state index in [1.54, 1.807) is 6.07 Å². The minimum Gasteiger partial charge on any atom is -0.324 e. The van der Waals surface area contributed by atoms with Gasteiger partial charge in [0.05, 0.1) is 16.6 Å². The van der Waals surface area contributed by atoms with Gasteiger partial charge in [0.1, 0.15) is 12.4 Å². The molecule has 1 N–H and O–H groups in total. The van der Waals surface area contributed by atoms with Crippen LogP contribution in [0.4, 0.5) is 10.1 Å². The van der Waals surface area contributed by atoms with Crippen molar-refractivity contribution in [2.45, 2.75) is 6.04 Å². The van der Waals surface area contributed by atoms with E-state index < -0.39 is 17.8 Å². The summed E-state index contributed by atoms with van der Waals surface area (Å²) in [6, 6.07) is 18.2. The lowest BCUT2D eigenvalue weighted by atomic mass is 9.95. The average Bonchev–Trinajstić information content (AvgIpc) is 2.84. The zero-order valence-electron chi connectivity index (χ0n) is 15.0. The minimum atomic E-state index is -0.728. The Bertz CT molecular complexity index is 1090. The molecule has 2 amide bonds. The Labute approximate surface area is 180 Å². The van der Waals surface area contributed by atoms with Crippen LogP contribution in [-0.4, -0.2) is 23.3 Å². The van der Waals surface area contributed by atoms with Crippen LogP contribution in [-0.2, 0) is 4.79 Å². The quantitative estimate of drug-likeness (QED) is 0.540. The number of fused-ring (bicyclic) bond motifs is 1. The Morgan fingerprint density at radius 3 is 2.59 bits per heavy atom. The highest BCUT2D eigenvalue weighted by Crippen LogP contribution is 2.38. The Hall–Kier alpha value is -2.70. The molecular formula is C22H15BrClFN2O2. The lowest BCUT2D eigenvalue weighted by Crippen LogP contribution is -2.39. The van der Waals surface area contributed by atoms with Crippen LogP contribution in [0.2, 0.25) is 5.02 Å². The summed E-state index contributed by atoms with van der Waals surface area (Å²) in [5, 5.41) is 2.84. The first kappa shape index (κ1) is 19.6. The van der Waals surface area contributed by atoms with E-state index in [1.807, 2.05) is 42.5 Å². The van der Waals surface area contributed by atoms with E-state index in [1.165, 1.54) is 23.1 Å². The van der Waals surface area contributed by atoms with Gasteiger partial charge in [-0.3, -0.25) is 9.59 Å². The summed E-state index contributed by atoms with van der Waals surface area (Å²) in [7, 11) is 0. The molecule has 0 radical (unpaired) electrons. The highest BCUT2D eigenvalue weighted by atomic mass is 79.9. The van der Waals surface area contributed by atoms with Crippen LogP contribution in [0.25, 0.3) is 0 Å². The average molecular weight is 474 g/mol. The maximum atomic E-state index is 14.5. The second-order valence-electron chi connectivity index (χ2n) is 6.62. The van der Waals surface area contributed by atoms with Crippen LogP contribution in [0.15, 0.2) is 71.2 Å². The van der Waals surface area contributed by atoms with E-state index in [0.29, 0.717) is 5.69 Å². The molecule has 0 aromatic heterocycles. The van der Waals surface area contributed by atoms with Gasteiger partial charge in [0.25, 0.3) is 5.91 Å². The molecule has 0 saturated carbocycles. The summed E-state index contributed by atoms with van der Waals surface area (Å²) < 4.78 is 15.3. The van der Waals surface area contributed by atoms with E-state index in [9.17, 15) is 14.0 Å². The van der Waals surface area contributed by atoms with Crippen LogP contribution in [0.1, 0.15) is 27.5 Å². The molecule has 146 valence electrons. The van der Waals surface area contributed by atoms with Gasteiger partial charge in [0, 0.05) is 15.7 Å². The lowest BCUT2D eigenvalue weighted by molar-refractivity contribution is -0.117. The van der Waals surface area contributed by atoms with Crippen molar-refractivity contribution in [2.75, 3.05) is 11.9 Å². The first-order valence-electron chi connectivity index (χ1n) is 8.85. The van der Waals surface area contributed by atoms with E-state index >= 15 is 0 Å². The molecule has 7 heteroatoms. The van der Waals surface area contributed by atoms with Crippen molar-refractivity contribution in [1.82, 2.24) is 4.90 Å². The number of amides is 2. The van der Waals surface area contributed by atoms with Crippen molar-refractivity contribution in [3.8, 4) is 0 Å². The van der Waals surface area contributed by atoms with Gasteiger partial charge in [0.2, 0.25) is 5.91 Å². The third-order valence-electron chi connectivity index (χ3n) is 4.76. The van der Waals surface area contributed by atoms with Gasteiger partial charge in [-0.1, -0.05) is 63.9 Å². The molecule has 29 heavy (non-hydrogen) atoms. The monoisotopic (exact) mass is 472 g/mol. The Kier molecular flexibility index (Phi) is 5.39. The molecule has 1 atom stereocenters. The first-order valence-corrected chi connectivity index (χ1v) is 10.0. The summed E-state index contributed by atoms with van der Waals surface area (Å²) >= 11 is 9.60. The van der Waals surface area contributed by atoms with Gasteiger partial charge in [-0.05, 0) is 35.9 Å². The summed E-state index contributed by atoms with van der Waals surface area (Å²) in [5.74, 6) is -1.74. The Morgan fingerprint density at radius 2 is 1.86 bits per heavy atom. The summed E-state index contributed by atoms with van der Waals surface area (Å²) in [4.78, 5) is 27.4. The molecule has 0 bridgehead atoms. The molecule has 0 fully saturated rings. The molecule has 0 spiro atoms. The van der Waals surface area contributed by atoms with Crippen LogP contribution in [0.3, 0.4) is 0 Å². The fraction of sp³-hybridized carbons (Fsp3) is 0.0909. The molecule has 3 aromatic carbocycles. The fourth-order valence-electron chi connectivity index (χ4n) is 3.51. The number of hydrogen-bond acceptors (Lipinski definition) is 2. The number of anilines is 1. The molecule has 4 nitrogen and oxygen atoms in total. The SMILES string of the molecule is O=C1CN(C(=O)c2c(F)cccc2Cl)C(c2ccccc2)c2cc(Br)ccc2N1. The number of benzene rings is 3. The number of rotatable bonds is 2. The normalized spacial score (nSPS) is 16.0. The zero-order valence-corrected chi connectivity index (χ0v) is 17.4. The number of nitrogens with one attached hydrogen (secondary N) is 1. The second kappa shape index (κ2) is 7.97. The molecule has 3 aromatic rings. The van der Waals surface area contributed by atoms with Gasteiger partial charge >= 0.3 is 0 Å². The van der Waals surface area contributed by atoms with Crippen LogP contribution < -0.4 is 5.32 Å². The third kappa shape index (κ3) is 3.78. The van der Waals surface area contributed by atoms with Crippen LogP contribution >= 0.6 is 27.5 Å². The molecule has 1 aliphatic rings. The van der Waals surface area contributed by atoms with Gasteiger partial charge in [-0.15, -0.1) is 0 Å². The third-order valence-corrected chi connectivity index (χ3v) is 5.57. The molecule has 1 unspecified atom stereocenters. The van der Waals surface area contributed by atoms with Crippen LogP contribution in [0, 0.1) is 5.82 Å². The maximum Gasteiger partial charge on any atom is 0.259 e. The highest BCUT2D eigenvalue weighted by Gasteiger charge is 2.35. The van der Waals surface area contributed by atoms with E-state index in [-0.39, 0.29) is 23.0 Å². The van der Waals surface area contributed by atoms with Crippen molar-refractivity contribution in [1.29, 1.82) is 0 Å². The summed E-state index contributed by atoms with van der Waals surface area (Å²) in [6.45, 7) is -0.241. The summed E-state index contributed by atoms with van der Waals surface area (Å²) in [6.07, 6.45) is 0. The summed E-state index contributed by atoms with van der Waals surface area (Å²) in [5.41, 5.74) is 1.87. The first-order chi connectivity index (χ1) is 14.0. The van der Waals surface area contributed by atoms with Gasteiger partial charge in [-0.2, -0.15) is 0 Å². The standard InChI is InChI=1S/C22H15BrClFN2O2/c23-14-9-10-18-15(11-14)21(13-5-2-1-3-6-13)27(12-19(28)26-18)22(29)20-16(24)7-4-8-17(20)25/h1-11,21H,12H2,(H,26,28). The smallest absolute Gasteiger partial charge is 0.259 e. The van der Waals surface area contributed by atoms with E-state index in [4.69, 9.17) is 11.6 Å². The number of carbonyl (C=O) groups is 2.